The Labute approximate surface area is 182 Å². The normalized spacial score (nSPS) is 11.5. The zero-order valence-electron chi connectivity index (χ0n) is 17.8. The second-order valence-corrected chi connectivity index (χ2v) is 6.93. The van der Waals surface area contributed by atoms with Crippen LogP contribution in [-0.2, 0) is 4.79 Å². The Morgan fingerprint density at radius 3 is 1.81 bits per heavy atom. The highest BCUT2D eigenvalue weighted by molar-refractivity contribution is 5.98. The molecule has 6 heteroatoms. The number of methoxy groups -OCH3 is 2. The van der Waals surface area contributed by atoms with Crippen molar-refractivity contribution in [3.8, 4) is 11.5 Å². The fourth-order valence-corrected chi connectivity index (χ4v) is 3.56. The van der Waals surface area contributed by atoms with E-state index in [1.165, 1.54) is 14.2 Å². The van der Waals surface area contributed by atoms with Gasteiger partial charge in [0, 0.05) is 18.5 Å². The van der Waals surface area contributed by atoms with Gasteiger partial charge in [-0.25, -0.2) is 0 Å². The standard InChI is InChI=1S/C25H26N2O4/c1-26-25(29)23(27-24(28)19-14-15-20(30-2)21(16-19)31-3)22(17-10-6-4-7-11-17)18-12-8-5-9-13-18/h4-16,22-23H,1-3H3,(H,26,29)(H,27,28)/t23-/m0/s1. The van der Waals surface area contributed by atoms with Crippen molar-refractivity contribution in [3.63, 3.8) is 0 Å². The van der Waals surface area contributed by atoms with Gasteiger partial charge in [0.1, 0.15) is 6.04 Å². The van der Waals surface area contributed by atoms with Gasteiger partial charge >= 0.3 is 0 Å². The molecule has 3 rings (SSSR count). The van der Waals surface area contributed by atoms with Crippen LogP contribution in [0.1, 0.15) is 27.4 Å². The lowest BCUT2D eigenvalue weighted by Gasteiger charge is -2.28. The molecule has 0 saturated heterocycles. The number of hydrogen-bond donors (Lipinski definition) is 2. The first-order valence-electron chi connectivity index (χ1n) is 9.93. The SMILES string of the molecule is CNC(=O)[C@@H](NC(=O)c1ccc(OC)c(OC)c1)C(c1ccccc1)c1ccccc1. The van der Waals surface area contributed by atoms with Crippen molar-refractivity contribution in [1.29, 1.82) is 0 Å². The Balaban J connectivity index is 2.00. The van der Waals surface area contributed by atoms with Gasteiger partial charge in [0.05, 0.1) is 14.2 Å². The molecule has 0 aliphatic heterocycles. The first kappa shape index (κ1) is 21.9. The molecule has 0 spiro atoms. The zero-order valence-corrected chi connectivity index (χ0v) is 17.8. The molecule has 0 radical (unpaired) electrons. The lowest BCUT2D eigenvalue weighted by Crippen LogP contribution is -2.49. The van der Waals surface area contributed by atoms with E-state index in [4.69, 9.17) is 9.47 Å². The molecule has 0 aliphatic carbocycles. The van der Waals surface area contributed by atoms with Gasteiger partial charge in [-0.3, -0.25) is 9.59 Å². The van der Waals surface area contributed by atoms with E-state index in [1.807, 2.05) is 60.7 Å². The summed E-state index contributed by atoms with van der Waals surface area (Å²) in [4.78, 5) is 26.0. The highest BCUT2D eigenvalue weighted by atomic mass is 16.5. The average Bonchev–Trinajstić information content (AvgIpc) is 2.83. The van der Waals surface area contributed by atoms with Crippen molar-refractivity contribution in [2.45, 2.75) is 12.0 Å². The molecular formula is C25H26N2O4. The summed E-state index contributed by atoms with van der Waals surface area (Å²) in [6.07, 6.45) is 0. The molecule has 1 atom stereocenters. The van der Waals surface area contributed by atoms with E-state index in [0.29, 0.717) is 17.1 Å². The topological polar surface area (TPSA) is 76.7 Å². The van der Waals surface area contributed by atoms with Crippen LogP contribution < -0.4 is 20.1 Å². The molecule has 6 nitrogen and oxygen atoms in total. The maximum Gasteiger partial charge on any atom is 0.252 e. The Hall–Kier alpha value is -3.80. The highest BCUT2D eigenvalue weighted by Gasteiger charge is 2.32. The maximum absolute atomic E-state index is 13.1. The van der Waals surface area contributed by atoms with Crippen LogP contribution >= 0.6 is 0 Å². The van der Waals surface area contributed by atoms with Gasteiger partial charge in [-0.05, 0) is 29.3 Å². The number of ether oxygens (including phenoxy) is 2. The van der Waals surface area contributed by atoms with Crippen LogP contribution in [0.2, 0.25) is 0 Å². The average molecular weight is 418 g/mol. The van der Waals surface area contributed by atoms with Crippen LogP contribution in [0.15, 0.2) is 78.9 Å². The van der Waals surface area contributed by atoms with Crippen LogP contribution in [0.5, 0.6) is 11.5 Å². The van der Waals surface area contributed by atoms with E-state index in [-0.39, 0.29) is 17.7 Å². The third-order valence-electron chi connectivity index (χ3n) is 5.11. The number of hydrogen-bond acceptors (Lipinski definition) is 4. The van der Waals surface area contributed by atoms with Gasteiger partial charge in [-0.1, -0.05) is 60.7 Å². The minimum absolute atomic E-state index is 0.286. The number of carbonyl (C=O) groups excluding carboxylic acids is 2. The monoisotopic (exact) mass is 418 g/mol. The van der Waals surface area contributed by atoms with Gasteiger partial charge in [-0.2, -0.15) is 0 Å². The molecule has 160 valence electrons. The van der Waals surface area contributed by atoms with E-state index in [9.17, 15) is 9.59 Å². The van der Waals surface area contributed by atoms with E-state index in [2.05, 4.69) is 10.6 Å². The minimum Gasteiger partial charge on any atom is -0.493 e. The third-order valence-corrected chi connectivity index (χ3v) is 5.11. The zero-order chi connectivity index (χ0) is 22.2. The summed E-state index contributed by atoms with van der Waals surface area (Å²) in [6.45, 7) is 0. The molecule has 3 aromatic carbocycles. The molecule has 0 aliphatic rings. The lowest BCUT2D eigenvalue weighted by molar-refractivity contribution is -0.122. The number of nitrogens with one attached hydrogen (secondary N) is 2. The van der Waals surface area contributed by atoms with Gasteiger partial charge in [0.15, 0.2) is 11.5 Å². The highest BCUT2D eigenvalue weighted by Crippen LogP contribution is 2.30. The second-order valence-electron chi connectivity index (χ2n) is 6.93. The molecule has 0 fully saturated rings. The molecule has 0 aromatic heterocycles. The fourth-order valence-electron chi connectivity index (χ4n) is 3.56. The van der Waals surface area contributed by atoms with E-state index in [1.54, 1.807) is 25.2 Å². The van der Waals surface area contributed by atoms with Crippen LogP contribution in [0.4, 0.5) is 0 Å². The van der Waals surface area contributed by atoms with Gasteiger partial charge < -0.3 is 20.1 Å². The van der Waals surface area contributed by atoms with Gasteiger partial charge in [0.2, 0.25) is 5.91 Å². The summed E-state index contributed by atoms with van der Waals surface area (Å²) in [7, 11) is 4.60. The summed E-state index contributed by atoms with van der Waals surface area (Å²) >= 11 is 0. The van der Waals surface area contributed by atoms with Crippen LogP contribution in [0.3, 0.4) is 0 Å². The van der Waals surface area contributed by atoms with Crippen molar-refractivity contribution in [3.05, 3.63) is 95.6 Å². The van der Waals surface area contributed by atoms with Crippen LogP contribution in [0, 0.1) is 0 Å². The number of benzene rings is 3. The lowest BCUT2D eigenvalue weighted by atomic mass is 9.84. The molecule has 0 saturated carbocycles. The Bertz CT molecular complexity index is 983. The number of amides is 2. The Morgan fingerprint density at radius 2 is 1.32 bits per heavy atom. The first-order chi connectivity index (χ1) is 15.1. The van der Waals surface area contributed by atoms with E-state index in [0.717, 1.165) is 11.1 Å². The van der Waals surface area contributed by atoms with Crippen LogP contribution in [-0.4, -0.2) is 39.1 Å². The Morgan fingerprint density at radius 1 is 0.774 bits per heavy atom. The first-order valence-corrected chi connectivity index (χ1v) is 9.93. The summed E-state index contributed by atoms with van der Waals surface area (Å²) in [5.41, 5.74) is 2.22. The van der Waals surface area contributed by atoms with E-state index < -0.39 is 6.04 Å². The van der Waals surface area contributed by atoms with Gasteiger partial charge in [-0.15, -0.1) is 0 Å². The summed E-state index contributed by atoms with van der Waals surface area (Å²) in [5.74, 6) is -0.0768. The quantitative estimate of drug-likeness (QED) is 0.588. The molecule has 2 N–H and O–H groups in total. The van der Waals surface area contributed by atoms with Crippen molar-refractivity contribution < 1.29 is 19.1 Å². The fraction of sp³-hybridized carbons (Fsp3) is 0.200. The van der Waals surface area contributed by atoms with Gasteiger partial charge in [0.25, 0.3) is 5.91 Å². The number of carbonyl (C=O) groups is 2. The summed E-state index contributed by atoms with van der Waals surface area (Å²) in [5, 5.41) is 5.61. The minimum atomic E-state index is -0.824. The number of rotatable bonds is 8. The van der Waals surface area contributed by atoms with Crippen molar-refractivity contribution in [2.75, 3.05) is 21.3 Å². The van der Waals surface area contributed by atoms with Crippen molar-refractivity contribution >= 4 is 11.8 Å². The number of likely N-dealkylation sites (N-methyl/N-ethyl adjacent to an activating group) is 1. The maximum atomic E-state index is 13.1. The van der Waals surface area contributed by atoms with E-state index >= 15 is 0 Å². The molecule has 31 heavy (non-hydrogen) atoms. The third kappa shape index (κ3) is 5.04. The largest absolute Gasteiger partial charge is 0.493 e. The van der Waals surface area contributed by atoms with Crippen LogP contribution in [0.25, 0.3) is 0 Å². The predicted octanol–water partition coefficient (Wildman–Crippen LogP) is 3.38. The second kappa shape index (κ2) is 10.3. The molecule has 0 unspecified atom stereocenters. The smallest absolute Gasteiger partial charge is 0.252 e. The molecule has 3 aromatic rings. The summed E-state index contributed by atoms with van der Waals surface area (Å²) in [6, 6.07) is 23.4. The molecule has 2 amide bonds. The molecule has 0 heterocycles. The Kier molecular flexibility index (Phi) is 7.27. The summed E-state index contributed by atoms with van der Waals surface area (Å²) < 4.78 is 10.5. The molecule has 0 bridgehead atoms. The predicted molar refractivity (Wildman–Crippen MR) is 120 cm³/mol. The van der Waals surface area contributed by atoms with Crippen molar-refractivity contribution in [1.82, 2.24) is 10.6 Å². The van der Waals surface area contributed by atoms with Crippen molar-refractivity contribution in [2.24, 2.45) is 0 Å². The molecular weight excluding hydrogens is 392 g/mol.